The number of carbonyl (C=O) groups is 3. The van der Waals surface area contributed by atoms with Crippen LogP contribution in [0.25, 0.3) is 0 Å². The second kappa shape index (κ2) is 10.1. The average Bonchev–Trinajstić information content (AvgIpc) is 2.82. The lowest BCUT2D eigenvalue weighted by Crippen LogP contribution is -2.46. The predicted molar refractivity (Wildman–Crippen MR) is 115 cm³/mol. The van der Waals surface area contributed by atoms with Gasteiger partial charge in [0.2, 0.25) is 5.91 Å². The van der Waals surface area contributed by atoms with Gasteiger partial charge in [0.25, 0.3) is 5.91 Å². The zero-order chi connectivity index (χ0) is 24.0. The molecule has 0 spiro atoms. The van der Waals surface area contributed by atoms with Gasteiger partial charge in [-0.1, -0.05) is 48.5 Å². The fourth-order valence-electron chi connectivity index (χ4n) is 3.00. The molecule has 0 aliphatic carbocycles. The van der Waals surface area contributed by atoms with E-state index in [-0.39, 0.29) is 22.6 Å². The standard InChI is InChI=1S/C24H19F3N2O4/c25-24(26,27)18-10-5-11-19(13-18)28-23(33)20(14-30)29-22(32)17-9-4-8-16(12-17)21(31)15-6-2-1-3-7-15/h1-13,20,30H,14H2,(H,28,33)(H,29,32)/t20-/m0/s1. The van der Waals surface area contributed by atoms with Gasteiger partial charge >= 0.3 is 6.18 Å². The Balaban J connectivity index is 1.71. The summed E-state index contributed by atoms with van der Waals surface area (Å²) in [7, 11) is 0. The number of aliphatic hydroxyl groups excluding tert-OH is 1. The maximum Gasteiger partial charge on any atom is 0.416 e. The van der Waals surface area contributed by atoms with Crippen LogP contribution in [0, 0.1) is 0 Å². The summed E-state index contributed by atoms with van der Waals surface area (Å²) in [4.78, 5) is 37.6. The van der Waals surface area contributed by atoms with Gasteiger partial charge in [0, 0.05) is 22.4 Å². The molecule has 0 aromatic heterocycles. The molecule has 0 aliphatic heterocycles. The Kier molecular flexibility index (Phi) is 7.24. The average molecular weight is 456 g/mol. The van der Waals surface area contributed by atoms with Crippen LogP contribution >= 0.6 is 0 Å². The SMILES string of the molecule is O=C(N[C@@H](CO)C(=O)Nc1cccc(C(F)(F)F)c1)c1cccc(C(=O)c2ccccc2)c1. The van der Waals surface area contributed by atoms with E-state index in [0.717, 1.165) is 18.2 Å². The van der Waals surface area contributed by atoms with E-state index in [4.69, 9.17) is 0 Å². The molecule has 3 N–H and O–H groups in total. The van der Waals surface area contributed by atoms with Crippen LogP contribution in [0.3, 0.4) is 0 Å². The Morgan fingerprint density at radius 1 is 0.818 bits per heavy atom. The summed E-state index contributed by atoms with van der Waals surface area (Å²) in [6.45, 7) is -0.792. The number of anilines is 1. The second-order valence-electron chi connectivity index (χ2n) is 7.05. The minimum atomic E-state index is -4.59. The number of carbonyl (C=O) groups excluding carboxylic acids is 3. The summed E-state index contributed by atoms with van der Waals surface area (Å²) in [5, 5.41) is 14.1. The minimum Gasteiger partial charge on any atom is -0.394 e. The molecule has 0 unspecified atom stereocenters. The molecule has 3 aromatic rings. The smallest absolute Gasteiger partial charge is 0.394 e. The highest BCUT2D eigenvalue weighted by Crippen LogP contribution is 2.30. The van der Waals surface area contributed by atoms with E-state index in [0.29, 0.717) is 5.56 Å². The van der Waals surface area contributed by atoms with Crippen molar-refractivity contribution in [1.82, 2.24) is 5.32 Å². The van der Waals surface area contributed by atoms with E-state index >= 15 is 0 Å². The first kappa shape index (κ1) is 23.7. The van der Waals surface area contributed by atoms with E-state index in [9.17, 15) is 32.7 Å². The number of benzene rings is 3. The Morgan fingerprint density at radius 3 is 2.12 bits per heavy atom. The van der Waals surface area contributed by atoms with Gasteiger partial charge in [-0.15, -0.1) is 0 Å². The van der Waals surface area contributed by atoms with Crippen molar-refractivity contribution in [2.24, 2.45) is 0 Å². The lowest BCUT2D eigenvalue weighted by atomic mass is 10.0. The zero-order valence-electron chi connectivity index (χ0n) is 17.1. The largest absolute Gasteiger partial charge is 0.416 e. The molecule has 0 aliphatic rings. The monoisotopic (exact) mass is 456 g/mol. The summed E-state index contributed by atoms with van der Waals surface area (Å²) in [5.74, 6) is -1.94. The summed E-state index contributed by atoms with van der Waals surface area (Å²) in [6.07, 6.45) is -4.59. The quantitative estimate of drug-likeness (QED) is 0.473. The van der Waals surface area contributed by atoms with Gasteiger partial charge in [-0.25, -0.2) is 0 Å². The Morgan fingerprint density at radius 2 is 1.45 bits per heavy atom. The highest BCUT2D eigenvalue weighted by molar-refractivity contribution is 6.10. The van der Waals surface area contributed by atoms with Crippen LogP contribution in [-0.2, 0) is 11.0 Å². The molecule has 0 fully saturated rings. The zero-order valence-corrected chi connectivity index (χ0v) is 17.1. The fraction of sp³-hybridized carbons (Fsp3) is 0.125. The van der Waals surface area contributed by atoms with Gasteiger partial charge in [-0.2, -0.15) is 13.2 Å². The number of hydrogen-bond acceptors (Lipinski definition) is 4. The highest BCUT2D eigenvalue weighted by atomic mass is 19.4. The maximum atomic E-state index is 12.9. The fourth-order valence-corrected chi connectivity index (χ4v) is 3.00. The molecular weight excluding hydrogens is 437 g/mol. The molecule has 0 saturated heterocycles. The molecule has 0 heterocycles. The molecule has 3 rings (SSSR count). The molecule has 0 bridgehead atoms. The van der Waals surface area contributed by atoms with Crippen LogP contribution in [0.1, 0.15) is 31.8 Å². The Bertz CT molecular complexity index is 1160. The third-order valence-corrected chi connectivity index (χ3v) is 4.68. The topological polar surface area (TPSA) is 95.5 Å². The molecule has 3 aromatic carbocycles. The van der Waals surface area contributed by atoms with Gasteiger partial charge in [0.05, 0.1) is 12.2 Å². The van der Waals surface area contributed by atoms with E-state index in [1.807, 2.05) is 0 Å². The van der Waals surface area contributed by atoms with Crippen molar-refractivity contribution in [1.29, 1.82) is 0 Å². The first-order valence-electron chi connectivity index (χ1n) is 9.78. The van der Waals surface area contributed by atoms with E-state index in [2.05, 4.69) is 10.6 Å². The minimum absolute atomic E-state index is 0.0714. The number of nitrogens with one attached hydrogen (secondary N) is 2. The first-order valence-corrected chi connectivity index (χ1v) is 9.78. The molecular formula is C24H19F3N2O4. The van der Waals surface area contributed by atoms with Crippen molar-refractivity contribution in [3.8, 4) is 0 Å². The maximum absolute atomic E-state index is 12.9. The number of ketones is 1. The second-order valence-corrected chi connectivity index (χ2v) is 7.05. The number of halogens is 3. The summed E-state index contributed by atoms with van der Waals surface area (Å²) in [5.41, 5.74) is -0.337. The summed E-state index contributed by atoms with van der Waals surface area (Å²) < 4.78 is 38.6. The molecule has 33 heavy (non-hydrogen) atoms. The van der Waals surface area contributed by atoms with Crippen LogP contribution in [0.4, 0.5) is 18.9 Å². The third-order valence-electron chi connectivity index (χ3n) is 4.68. The number of aliphatic hydroxyl groups is 1. The molecule has 1 atom stereocenters. The van der Waals surface area contributed by atoms with Crippen molar-refractivity contribution >= 4 is 23.3 Å². The van der Waals surface area contributed by atoms with Gasteiger partial charge < -0.3 is 15.7 Å². The van der Waals surface area contributed by atoms with Crippen LogP contribution in [-0.4, -0.2) is 35.4 Å². The van der Waals surface area contributed by atoms with Crippen molar-refractivity contribution < 1.29 is 32.7 Å². The van der Waals surface area contributed by atoms with Gasteiger partial charge in [-0.05, 0) is 30.3 Å². The number of amides is 2. The normalized spacial score (nSPS) is 12.0. The Hall–Kier alpha value is -3.98. The number of rotatable bonds is 7. The third kappa shape index (κ3) is 6.05. The molecule has 170 valence electrons. The van der Waals surface area contributed by atoms with Gasteiger partial charge in [0.15, 0.2) is 5.78 Å². The van der Waals surface area contributed by atoms with Crippen molar-refractivity contribution in [2.45, 2.75) is 12.2 Å². The van der Waals surface area contributed by atoms with Crippen molar-refractivity contribution in [3.05, 3.63) is 101 Å². The Labute approximate surface area is 187 Å². The number of alkyl halides is 3. The van der Waals surface area contributed by atoms with Crippen LogP contribution in [0.2, 0.25) is 0 Å². The lowest BCUT2D eigenvalue weighted by molar-refractivity contribution is -0.137. The molecule has 0 saturated carbocycles. The van der Waals surface area contributed by atoms with Crippen molar-refractivity contribution in [2.75, 3.05) is 11.9 Å². The number of hydrogen-bond donors (Lipinski definition) is 3. The van der Waals surface area contributed by atoms with Crippen LogP contribution < -0.4 is 10.6 Å². The lowest BCUT2D eigenvalue weighted by Gasteiger charge is -2.17. The van der Waals surface area contributed by atoms with E-state index in [1.165, 1.54) is 30.3 Å². The van der Waals surface area contributed by atoms with Crippen LogP contribution in [0.15, 0.2) is 78.9 Å². The molecule has 0 radical (unpaired) electrons. The first-order chi connectivity index (χ1) is 15.7. The predicted octanol–water partition coefficient (Wildman–Crippen LogP) is 3.67. The van der Waals surface area contributed by atoms with Crippen LogP contribution in [0.5, 0.6) is 0 Å². The van der Waals surface area contributed by atoms with Crippen molar-refractivity contribution in [3.63, 3.8) is 0 Å². The van der Waals surface area contributed by atoms with E-state index < -0.39 is 36.2 Å². The molecule has 2 amide bonds. The molecule has 6 nitrogen and oxygen atoms in total. The molecule has 9 heteroatoms. The van der Waals surface area contributed by atoms with Gasteiger partial charge in [0.1, 0.15) is 6.04 Å². The highest BCUT2D eigenvalue weighted by Gasteiger charge is 2.31. The van der Waals surface area contributed by atoms with Gasteiger partial charge in [-0.3, -0.25) is 14.4 Å². The van der Waals surface area contributed by atoms with E-state index in [1.54, 1.807) is 30.3 Å². The summed E-state index contributed by atoms with van der Waals surface area (Å²) >= 11 is 0. The summed E-state index contributed by atoms with van der Waals surface area (Å²) in [6, 6.07) is 16.8.